The van der Waals surface area contributed by atoms with Gasteiger partial charge in [-0.05, 0) is 23.6 Å². The summed E-state index contributed by atoms with van der Waals surface area (Å²) in [4.78, 5) is 15.4. The first kappa shape index (κ1) is 10.2. The number of aromatic nitrogens is 1. The van der Waals surface area contributed by atoms with Crippen LogP contribution < -0.4 is 0 Å². The number of hydrogen-bond donors (Lipinski definition) is 0. The van der Waals surface area contributed by atoms with E-state index in [1.165, 1.54) is 0 Å². The quantitative estimate of drug-likeness (QED) is 0.478. The minimum Gasteiger partial charge on any atom is -0.296 e. The Bertz CT molecular complexity index is 737. The Labute approximate surface area is 103 Å². The summed E-state index contributed by atoms with van der Waals surface area (Å²) in [5, 5.41) is 3.47. The van der Waals surface area contributed by atoms with Crippen LogP contribution >= 0.6 is 11.6 Å². The van der Waals surface area contributed by atoms with E-state index in [2.05, 4.69) is 4.98 Å². The Morgan fingerprint density at radius 3 is 2.65 bits per heavy atom. The lowest BCUT2D eigenvalue weighted by Gasteiger charge is -2.05. The third kappa shape index (κ3) is 1.58. The van der Waals surface area contributed by atoms with E-state index in [0.717, 1.165) is 28.0 Å². The van der Waals surface area contributed by atoms with E-state index in [-0.39, 0.29) is 0 Å². The fraction of sp³-hybridized carbons (Fsp3) is 0. The van der Waals surface area contributed by atoms with Gasteiger partial charge in [-0.3, -0.25) is 4.79 Å². The van der Waals surface area contributed by atoms with Gasteiger partial charge in [0, 0.05) is 15.8 Å². The maximum absolute atomic E-state index is 11.1. The van der Waals surface area contributed by atoms with Crippen LogP contribution in [0.4, 0.5) is 0 Å². The van der Waals surface area contributed by atoms with Gasteiger partial charge >= 0.3 is 0 Å². The normalized spacial score (nSPS) is 10.9. The molecule has 2 nitrogen and oxygen atoms in total. The van der Waals surface area contributed by atoms with Gasteiger partial charge in [0.2, 0.25) is 0 Å². The zero-order valence-electron chi connectivity index (χ0n) is 8.85. The predicted octanol–water partition coefficient (Wildman–Crippen LogP) is 3.85. The smallest absolute Gasteiger partial charge is 0.169 e. The monoisotopic (exact) mass is 241 g/mol. The third-order valence-corrected chi connectivity index (χ3v) is 3.04. The van der Waals surface area contributed by atoms with Crippen molar-refractivity contribution in [3.63, 3.8) is 0 Å². The second-order valence-corrected chi connectivity index (χ2v) is 4.26. The molecule has 3 aromatic rings. The highest BCUT2D eigenvalue weighted by atomic mass is 35.5. The average Bonchev–Trinajstić information content (AvgIpc) is 2.37. The molecule has 0 saturated heterocycles. The van der Waals surface area contributed by atoms with Crippen molar-refractivity contribution in [2.24, 2.45) is 0 Å². The molecule has 0 bridgehead atoms. The van der Waals surface area contributed by atoms with E-state index in [9.17, 15) is 4.79 Å². The Kier molecular flexibility index (Phi) is 2.30. The van der Waals surface area contributed by atoms with Crippen molar-refractivity contribution in [2.45, 2.75) is 0 Å². The summed E-state index contributed by atoms with van der Waals surface area (Å²) in [7, 11) is 0. The SMILES string of the molecule is O=Cc1nc2ccccc2c2cc(Cl)ccc12. The van der Waals surface area contributed by atoms with Gasteiger partial charge in [0.1, 0.15) is 5.69 Å². The molecule has 0 aliphatic carbocycles. The number of pyridine rings is 1. The fourth-order valence-corrected chi connectivity index (χ4v) is 2.21. The minimum absolute atomic E-state index is 0.454. The molecular formula is C14H8ClNO. The molecule has 0 amide bonds. The topological polar surface area (TPSA) is 30.0 Å². The van der Waals surface area contributed by atoms with Crippen LogP contribution in [0.2, 0.25) is 5.02 Å². The van der Waals surface area contributed by atoms with Gasteiger partial charge in [0.15, 0.2) is 6.29 Å². The Morgan fingerprint density at radius 2 is 1.82 bits per heavy atom. The zero-order chi connectivity index (χ0) is 11.8. The minimum atomic E-state index is 0.454. The van der Waals surface area contributed by atoms with Crippen LogP contribution in [-0.4, -0.2) is 11.3 Å². The van der Waals surface area contributed by atoms with Crippen molar-refractivity contribution >= 4 is 39.6 Å². The van der Waals surface area contributed by atoms with Crippen LogP contribution in [0.15, 0.2) is 42.5 Å². The van der Waals surface area contributed by atoms with Crippen molar-refractivity contribution in [3.05, 3.63) is 53.2 Å². The molecule has 1 aromatic heterocycles. The lowest BCUT2D eigenvalue weighted by molar-refractivity contribution is 0.112. The molecule has 0 radical (unpaired) electrons. The second-order valence-electron chi connectivity index (χ2n) is 3.82. The highest BCUT2D eigenvalue weighted by Gasteiger charge is 2.07. The maximum atomic E-state index is 11.1. The number of nitrogens with zero attached hydrogens (tertiary/aromatic N) is 1. The highest BCUT2D eigenvalue weighted by molar-refractivity contribution is 6.32. The Hall–Kier alpha value is -1.93. The maximum Gasteiger partial charge on any atom is 0.169 e. The molecule has 0 spiro atoms. The fourth-order valence-electron chi connectivity index (χ4n) is 2.04. The van der Waals surface area contributed by atoms with E-state index in [1.807, 2.05) is 36.4 Å². The van der Waals surface area contributed by atoms with E-state index in [0.29, 0.717) is 10.7 Å². The molecule has 3 rings (SSSR count). The largest absolute Gasteiger partial charge is 0.296 e. The molecule has 0 fully saturated rings. The molecule has 3 heteroatoms. The van der Waals surface area contributed by atoms with Crippen molar-refractivity contribution < 1.29 is 4.79 Å². The first-order valence-electron chi connectivity index (χ1n) is 5.23. The first-order valence-corrected chi connectivity index (χ1v) is 5.60. The number of carbonyl (C=O) groups is 1. The number of para-hydroxylation sites is 1. The Morgan fingerprint density at radius 1 is 1.00 bits per heavy atom. The van der Waals surface area contributed by atoms with Crippen LogP contribution in [0.25, 0.3) is 21.7 Å². The molecule has 0 unspecified atom stereocenters. The van der Waals surface area contributed by atoms with Gasteiger partial charge in [-0.1, -0.05) is 35.9 Å². The molecule has 1 heterocycles. The average molecular weight is 242 g/mol. The third-order valence-electron chi connectivity index (χ3n) is 2.80. The van der Waals surface area contributed by atoms with Crippen molar-refractivity contribution in [3.8, 4) is 0 Å². The second kappa shape index (κ2) is 3.82. The molecule has 0 N–H and O–H groups in total. The molecular weight excluding hydrogens is 234 g/mol. The molecule has 0 aliphatic heterocycles. The van der Waals surface area contributed by atoms with E-state index < -0.39 is 0 Å². The first-order chi connectivity index (χ1) is 8.29. The number of fused-ring (bicyclic) bond motifs is 3. The van der Waals surface area contributed by atoms with Gasteiger partial charge in [0.25, 0.3) is 0 Å². The predicted molar refractivity (Wildman–Crippen MR) is 69.6 cm³/mol. The van der Waals surface area contributed by atoms with Crippen LogP contribution in [0.3, 0.4) is 0 Å². The van der Waals surface area contributed by atoms with Crippen molar-refractivity contribution in [2.75, 3.05) is 0 Å². The molecule has 17 heavy (non-hydrogen) atoms. The Balaban J connectivity index is 2.61. The number of aldehydes is 1. The summed E-state index contributed by atoms with van der Waals surface area (Å²) in [5.74, 6) is 0. The number of halogens is 1. The van der Waals surface area contributed by atoms with Gasteiger partial charge in [0.05, 0.1) is 5.52 Å². The van der Waals surface area contributed by atoms with Gasteiger partial charge in [-0.2, -0.15) is 0 Å². The van der Waals surface area contributed by atoms with Crippen molar-refractivity contribution in [1.82, 2.24) is 4.98 Å². The summed E-state index contributed by atoms with van der Waals surface area (Å²) in [6, 6.07) is 13.2. The van der Waals surface area contributed by atoms with Crippen LogP contribution in [-0.2, 0) is 0 Å². The highest BCUT2D eigenvalue weighted by Crippen LogP contribution is 2.28. The van der Waals surface area contributed by atoms with E-state index >= 15 is 0 Å². The van der Waals surface area contributed by atoms with Crippen LogP contribution in [0.5, 0.6) is 0 Å². The lowest BCUT2D eigenvalue weighted by atomic mass is 10.0. The van der Waals surface area contributed by atoms with Crippen LogP contribution in [0.1, 0.15) is 10.5 Å². The zero-order valence-corrected chi connectivity index (χ0v) is 9.61. The van der Waals surface area contributed by atoms with Crippen molar-refractivity contribution in [1.29, 1.82) is 0 Å². The van der Waals surface area contributed by atoms with E-state index in [1.54, 1.807) is 6.07 Å². The summed E-state index contributed by atoms with van der Waals surface area (Å²) in [6.07, 6.45) is 0.780. The molecule has 0 saturated carbocycles. The molecule has 0 atom stereocenters. The number of hydrogen-bond acceptors (Lipinski definition) is 2. The van der Waals surface area contributed by atoms with Gasteiger partial charge in [-0.25, -0.2) is 4.98 Å². The van der Waals surface area contributed by atoms with Gasteiger partial charge < -0.3 is 0 Å². The molecule has 0 aliphatic rings. The summed E-state index contributed by atoms with van der Waals surface area (Å²) < 4.78 is 0. The summed E-state index contributed by atoms with van der Waals surface area (Å²) in [5.41, 5.74) is 1.26. The number of rotatable bonds is 1. The summed E-state index contributed by atoms with van der Waals surface area (Å²) in [6.45, 7) is 0. The summed E-state index contributed by atoms with van der Waals surface area (Å²) >= 11 is 6.01. The molecule has 82 valence electrons. The lowest BCUT2D eigenvalue weighted by Crippen LogP contribution is -1.91. The van der Waals surface area contributed by atoms with Crippen LogP contribution in [0, 0.1) is 0 Å². The molecule has 2 aromatic carbocycles. The standard InChI is InChI=1S/C14H8ClNO/c15-9-5-6-11-12(7-9)10-3-1-2-4-13(10)16-14(11)8-17/h1-8H. The van der Waals surface area contributed by atoms with E-state index in [4.69, 9.17) is 11.6 Å². The number of benzene rings is 2. The number of carbonyl (C=O) groups excluding carboxylic acids is 1. The van der Waals surface area contributed by atoms with Gasteiger partial charge in [-0.15, -0.1) is 0 Å².